The maximum Gasteiger partial charge on any atom is 0.153 e. The second-order valence-electron chi connectivity index (χ2n) is 8.01. The molecule has 1 aliphatic rings. The second kappa shape index (κ2) is 7.22. The van der Waals surface area contributed by atoms with Gasteiger partial charge >= 0.3 is 0 Å². The Balaban J connectivity index is 1.59. The highest BCUT2D eigenvalue weighted by Gasteiger charge is 2.30. The SMILES string of the molecule is CCC(O)(c1ccccc1)c1ccc(-c2nc(C3CCC3)n3ncnc(N)c23)cc1. The third kappa shape index (κ3) is 2.87. The molecule has 2 heterocycles. The number of nitrogen functional groups attached to an aromatic ring is 1. The number of nitrogens with zero attached hydrogens (tertiary/aromatic N) is 4. The van der Waals surface area contributed by atoms with Crippen molar-refractivity contribution in [2.45, 2.75) is 44.1 Å². The molecule has 6 nitrogen and oxygen atoms in total. The van der Waals surface area contributed by atoms with Gasteiger partial charge in [-0.05, 0) is 30.4 Å². The highest BCUT2D eigenvalue weighted by Crippen LogP contribution is 2.39. The van der Waals surface area contributed by atoms with Crippen molar-refractivity contribution in [2.75, 3.05) is 5.73 Å². The van der Waals surface area contributed by atoms with Crippen LogP contribution in [0.2, 0.25) is 0 Å². The zero-order chi connectivity index (χ0) is 20.7. The Hall–Kier alpha value is -3.25. The lowest BCUT2D eigenvalue weighted by Crippen LogP contribution is -2.26. The van der Waals surface area contributed by atoms with E-state index >= 15 is 0 Å². The third-order valence-electron chi connectivity index (χ3n) is 6.36. The van der Waals surface area contributed by atoms with Crippen LogP contribution in [0, 0.1) is 0 Å². The average molecular weight is 399 g/mol. The minimum atomic E-state index is -1.03. The van der Waals surface area contributed by atoms with Crippen LogP contribution in [0.5, 0.6) is 0 Å². The van der Waals surface area contributed by atoms with Crippen LogP contribution in [0.1, 0.15) is 55.5 Å². The molecule has 4 aromatic rings. The predicted molar refractivity (Wildman–Crippen MR) is 117 cm³/mol. The second-order valence-corrected chi connectivity index (χ2v) is 8.01. The quantitative estimate of drug-likeness (QED) is 0.523. The van der Waals surface area contributed by atoms with E-state index in [0.29, 0.717) is 18.2 Å². The van der Waals surface area contributed by atoms with E-state index in [1.54, 1.807) is 0 Å². The molecule has 1 atom stereocenters. The first-order valence-corrected chi connectivity index (χ1v) is 10.5. The van der Waals surface area contributed by atoms with Gasteiger partial charge in [-0.1, -0.05) is 67.9 Å². The van der Waals surface area contributed by atoms with Crippen molar-refractivity contribution in [1.29, 1.82) is 0 Å². The van der Waals surface area contributed by atoms with Gasteiger partial charge in [-0.25, -0.2) is 14.5 Å². The fraction of sp³-hybridized carbons (Fsp3) is 0.292. The summed E-state index contributed by atoms with van der Waals surface area (Å²) in [6, 6.07) is 17.7. The minimum Gasteiger partial charge on any atom is -0.382 e. The highest BCUT2D eigenvalue weighted by atomic mass is 16.3. The Labute approximate surface area is 175 Å². The van der Waals surface area contributed by atoms with Gasteiger partial charge in [0.25, 0.3) is 0 Å². The lowest BCUT2D eigenvalue weighted by Gasteiger charge is -2.28. The van der Waals surface area contributed by atoms with Gasteiger partial charge in [-0.3, -0.25) is 0 Å². The van der Waals surface area contributed by atoms with E-state index in [2.05, 4.69) is 10.1 Å². The summed E-state index contributed by atoms with van der Waals surface area (Å²) in [6.45, 7) is 1.99. The number of aromatic nitrogens is 4. The Bertz CT molecular complexity index is 1180. The molecule has 3 N–H and O–H groups in total. The lowest BCUT2D eigenvalue weighted by molar-refractivity contribution is 0.0765. The maximum absolute atomic E-state index is 11.4. The zero-order valence-corrected chi connectivity index (χ0v) is 17.0. The largest absolute Gasteiger partial charge is 0.382 e. The molecular formula is C24H25N5O. The summed E-state index contributed by atoms with van der Waals surface area (Å²) in [4.78, 5) is 9.12. The number of nitrogens with two attached hydrogens (primary N) is 1. The maximum atomic E-state index is 11.4. The number of rotatable bonds is 5. The van der Waals surface area contributed by atoms with Gasteiger partial charge in [-0.15, -0.1) is 0 Å². The van der Waals surface area contributed by atoms with Gasteiger partial charge in [0, 0.05) is 11.5 Å². The van der Waals surface area contributed by atoms with Gasteiger partial charge in [-0.2, -0.15) is 5.10 Å². The summed E-state index contributed by atoms with van der Waals surface area (Å²) >= 11 is 0. The summed E-state index contributed by atoms with van der Waals surface area (Å²) in [5.41, 5.74) is 9.40. The van der Waals surface area contributed by atoms with Gasteiger partial charge in [0.1, 0.15) is 29.0 Å². The smallest absolute Gasteiger partial charge is 0.153 e. The van der Waals surface area contributed by atoms with E-state index in [1.165, 1.54) is 12.7 Å². The predicted octanol–water partition coefficient (Wildman–Crippen LogP) is 4.29. The fourth-order valence-corrected chi connectivity index (χ4v) is 4.30. The minimum absolute atomic E-state index is 0.420. The lowest BCUT2D eigenvalue weighted by atomic mass is 9.84. The number of aliphatic hydroxyl groups is 1. The van der Waals surface area contributed by atoms with Crippen molar-refractivity contribution in [2.24, 2.45) is 0 Å². The molecule has 30 heavy (non-hydrogen) atoms. The average Bonchev–Trinajstić information content (AvgIpc) is 3.13. The Morgan fingerprint density at radius 1 is 1.07 bits per heavy atom. The Morgan fingerprint density at radius 3 is 2.40 bits per heavy atom. The molecule has 0 amide bonds. The fourth-order valence-electron chi connectivity index (χ4n) is 4.30. The van der Waals surface area contributed by atoms with Crippen LogP contribution in [0.15, 0.2) is 60.9 Å². The van der Waals surface area contributed by atoms with Gasteiger partial charge in [0.05, 0.1) is 0 Å². The van der Waals surface area contributed by atoms with Gasteiger partial charge < -0.3 is 10.8 Å². The summed E-state index contributed by atoms with van der Waals surface area (Å²) in [5.74, 6) is 1.80. The molecule has 0 bridgehead atoms. The number of imidazole rings is 1. The van der Waals surface area contributed by atoms with Gasteiger partial charge in [0.2, 0.25) is 0 Å². The van der Waals surface area contributed by atoms with E-state index < -0.39 is 5.60 Å². The molecule has 0 radical (unpaired) electrons. The first-order chi connectivity index (χ1) is 14.6. The molecule has 0 spiro atoms. The molecule has 152 valence electrons. The number of anilines is 1. The van der Waals surface area contributed by atoms with E-state index in [9.17, 15) is 5.11 Å². The van der Waals surface area contributed by atoms with Crippen LogP contribution >= 0.6 is 0 Å². The standard InChI is InChI=1S/C24H25N5O/c1-2-24(30,18-9-4-3-5-10-18)19-13-11-16(12-14-19)20-21-22(25)26-15-27-29(21)23(28-20)17-7-6-8-17/h3-5,9-15,17,30H,2,6-8H2,1H3,(H2,25,26,27). The summed E-state index contributed by atoms with van der Waals surface area (Å²) in [6.07, 6.45) is 5.54. The zero-order valence-electron chi connectivity index (χ0n) is 17.0. The van der Waals surface area contributed by atoms with E-state index in [1.807, 2.05) is 66.0 Å². The van der Waals surface area contributed by atoms with Crippen LogP contribution < -0.4 is 5.73 Å². The molecule has 5 rings (SSSR count). The van der Waals surface area contributed by atoms with Crippen molar-refractivity contribution in [3.05, 3.63) is 77.9 Å². The first-order valence-electron chi connectivity index (χ1n) is 10.5. The third-order valence-corrected chi connectivity index (χ3v) is 6.36. The molecule has 1 saturated carbocycles. The number of hydrogen-bond acceptors (Lipinski definition) is 5. The molecule has 2 aromatic carbocycles. The van der Waals surface area contributed by atoms with Crippen LogP contribution in [-0.4, -0.2) is 24.7 Å². The topological polar surface area (TPSA) is 89.3 Å². The van der Waals surface area contributed by atoms with E-state index in [-0.39, 0.29) is 0 Å². The summed E-state index contributed by atoms with van der Waals surface area (Å²) in [7, 11) is 0. The Kier molecular flexibility index (Phi) is 4.51. The summed E-state index contributed by atoms with van der Waals surface area (Å²) < 4.78 is 1.85. The van der Waals surface area contributed by atoms with Crippen molar-refractivity contribution < 1.29 is 5.11 Å². The monoisotopic (exact) mass is 399 g/mol. The van der Waals surface area contributed by atoms with Crippen LogP contribution in [0.4, 0.5) is 5.82 Å². The first kappa shape index (κ1) is 18.8. The van der Waals surface area contributed by atoms with Crippen molar-refractivity contribution in [3.8, 4) is 11.3 Å². The van der Waals surface area contributed by atoms with Crippen molar-refractivity contribution in [1.82, 2.24) is 19.6 Å². The molecule has 0 saturated heterocycles. The molecule has 1 unspecified atom stereocenters. The molecule has 1 aliphatic carbocycles. The van der Waals surface area contributed by atoms with Crippen LogP contribution in [-0.2, 0) is 5.60 Å². The normalized spacial score (nSPS) is 16.3. The van der Waals surface area contributed by atoms with Crippen LogP contribution in [0.3, 0.4) is 0 Å². The van der Waals surface area contributed by atoms with Crippen molar-refractivity contribution in [3.63, 3.8) is 0 Å². The van der Waals surface area contributed by atoms with Crippen molar-refractivity contribution >= 4 is 11.3 Å². The Morgan fingerprint density at radius 2 is 1.77 bits per heavy atom. The number of hydrogen-bond donors (Lipinski definition) is 2. The number of fused-ring (bicyclic) bond motifs is 1. The molecule has 1 fully saturated rings. The molecular weight excluding hydrogens is 374 g/mol. The highest BCUT2D eigenvalue weighted by molar-refractivity contribution is 5.85. The molecule has 6 heteroatoms. The molecule has 0 aliphatic heterocycles. The van der Waals surface area contributed by atoms with E-state index in [4.69, 9.17) is 10.7 Å². The van der Waals surface area contributed by atoms with Crippen LogP contribution in [0.25, 0.3) is 16.8 Å². The molecule has 2 aromatic heterocycles. The van der Waals surface area contributed by atoms with Gasteiger partial charge in [0.15, 0.2) is 5.82 Å². The van der Waals surface area contributed by atoms with E-state index in [0.717, 1.165) is 46.6 Å². The number of benzene rings is 2. The summed E-state index contributed by atoms with van der Waals surface area (Å²) in [5, 5.41) is 15.8.